The lowest BCUT2D eigenvalue weighted by molar-refractivity contribution is -0.384. The fourth-order valence-electron chi connectivity index (χ4n) is 5.12. The zero-order valence-corrected chi connectivity index (χ0v) is 22.9. The molecule has 1 aliphatic carbocycles. The number of hydrogen-bond donors (Lipinski definition) is 5. The van der Waals surface area contributed by atoms with Gasteiger partial charge in [-0.2, -0.15) is 4.98 Å². The summed E-state index contributed by atoms with van der Waals surface area (Å²) in [4.78, 5) is 31.3. The molecule has 0 radical (unpaired) electrons. The first-order chi connectivity index (χ1) is 19.4. The van der Waals surface area contributed by atoms with E-state index in [-0.39, 0.29) is 24.0 Å². The third-order valence-electron chi connectivity index (χ3n) is 7.62. The first-order valence-electron chi connectivity index (χ1n) is 13.7. The van der Waals surface area contributed by atoms with Gasteiger partial charge in [0.1, 0.15) is 6.20 Å². The summed E-state index contributed by atoms with van der Waals surface area (Å²) in [5.74, 6) is 1.37. The number of nitrogens with zero attached hydrogens (tertiary/aromatic N) is 3. The highest BCUT2D eigenvalue weighted by Gasteiger charge is 2.23. The van der Waals surface area contributed by atoms with Gasteiger partial charge in [0, 0.05) is 19.6 Å². The Kier molecular flexibility index (Phi) is 9.98. The van der Waals surface area contributed by atoms with Gasteiger partial charge in [-0.05, 0) is 84.9 Å². The molecule has 2 aromatic carbocycles. The van der Waals surface area contributed by atoms with Crippen LogP contribution in [-0.4, -0.2) is 40.4 Å². The van der Waals surface area contributed by atoms with E-state index in [1.54, 1.807) is 0 Å². The Hall–Kier alpha value is -4.09. The van der Waals surface area contributed by atoms with Crippen molar-refractivity contribution in [2.75, 3.05) is 30.3 Å². The number of anilines is 2. The van der Waals surface area contributed by atoms with Crippen LogP contribution in [0.5, 0.6) is 0 Å². The Balaban J connectivity index is 1.44. The molecule has 11 heteroatoms. The van der Waals surface area contributed by atoms with Gasteiger partial charge in [0.05, 0.1) is 11.5 Å². The second-order valence-electron chi connectivity index (χ2n) is 10.3. The Labute approximate surface area is 234 Å². The van der Waals surface area contributed by atoms with E-state index in [0.717, 1.165) is 60.0 Å². The van der Waals surface area contributed by atoms with Crippen LogP contribution in [0.1, 0.15) is 42.4 Å². The van der Waals surface area contributed by atoms with Gasteiger partial charge < -0.3 is 27.4 Å². The molecular formula is C29H38N8O3. The zero-order chi connectivity index (χ0) is 28.5. The number of hydrogen-bond acceptors (Lipinski definition) is 9. The Morgan fingerprint density at radius 1 is 1.05 bits per heavy atom. The van der Waals surface area contributed by atoms with Gasteiger partial charge in [-0.25, -0.2) is 4.98 Å². The molecule has 0 atom stereocenters. The lowest BCUT2D eigenvalue weighted by atomic mass is 9.82. The van der Waals surface area contributed by atoms with Crippen LogP contribution in [0.4, 0.5) is 17.5 Å². The minimum Gasteiger partial charge on any atom is -0.364 e. The van der Waals surface area contributed by atoms with Gasteiger partial charge in [0.25, 0.3) is 0 Å². The van der Waals surface area contributed by atoms with Gasteiger partial charge in [-0.3, -0.25) is 14.9 Å². The molecule has 11 nitrogen and oxygen atoms in total. The van der Waals surface area contributed by atoms with Crippen LogP contribution in [0.2, 0.25) is 0 Å². The van der Waals surface area contributed by atoms with Crippen LogP contribution < -0.4 is 27.4 Å². The molecule has 7 N–H and O–H groups in total. The van der Waals surface area contributed by atoms with Crippen molar-refractivity contribution in [2.45, 2.75) is 45.7 Å². The number of benzene rings is 2. The highest BCUT2D eigenvalue weighted by molar-refractivity contribution is 5.77. The fraction of sp³-hybridized carbons (Fsp3) is 0.414. The number of aromatic nitrogens is 2. The monoisotopic (exact) mass is 546 g/mol. The highest BCUT2D eigenvalue weighted by atomic mass is 16.6. The van der Waals surface area contributed by atoms with Crippen molar-refractivity contribution in [3.63, 3.8) is 0 Å². The molecule has 4 rings (SSSR count). The molecule has 0 saturated heterocycles. The topological polar surface area (TPSA) is 174 Å². The van der Waals surface area contributed by atoms with Crippen molar-refractivity contribution in [2.24, 2.45) is 23.3 Å². The first-order valence-corrected chi connectivity index (χ1v) is 13.7. The SMILES string of the molecule is Cc1c(CNc2ncc([N+](=O)[O-])c(NCC3CCC(CN)CC3)n2)cccc1-c1cccc(CNC(=O)CN)c1. The van der Waals surface area contributed by atoms with Crippen molar-refractivity contribution in [1.29, 1.82) is 0 Å². The smallest absolute Gasteiger partial charge is 0.329 e. The molecule has 1 amide bonds. The molecule has 1 heterocycles. The number of carbonyl (C=O) groups excluding carboxylic acids is 1. The van der Waals surface area contributed by atoms with Gasteiger partial charge in [0.2, 0.25) is 17.7 Å². The maximum atomic E-state index is 11.6. The largest absolute Gasteiger partial charge is 0.364 e. The van der Waals surface area contributed by atoms with E-state index < -0.39 is 4.92 Å². The van der Waals surface area contributed by atoms with Gasteiger partial charge >= 0.3 is 5.69 Å². The number of nitrogens with two attached hydrogens (primary N) is 2. The third kappa shape index (κ3) is 7.51. The summed E-state index contributed by atoms with van der Waals surface area (Å²) in [6.45, 7) is 4.22. The molecule has 1 aromatic heterocycles. The van der Waals surface area contributed by atoms with Crippen LogP contribution in [0.15, 0.2) is 48.7 Å². The molecular weight excluding hydrogens is 508 g/mol. The van der Waals surface area contributed by atoms with Crippen molar-refractivity contribution in [3.05, 3.63) is 75.5 Å². The fourth-order valence-corrected chi connectivity index (χ4v) is 5.12. The van der Waals surface area contributed by atoms with E-state index in [1.165, 1.54) is 6.20 Å². The number of rotatable bonds is 12. The first kappa shape index (κ1) is 28.9. The van der Waals surface area contributed by atoms with Crippen LogP contribution in [0, 0.1) is 28.9 Å². The number of amides is 1. The highest BCUT2D eigenvalue weighted by Crippen LogP contribution is 2.30. The lowest BCUT2D eigenvalue weighted by Crippen LogP contribution is -2.29. The molecule has 3 aromatic rings. The van der Waals surface area contributed by atoms with Crippen LogP contribution in [-0.2, 0) is 17.9 Å². The summed E-state index contributed by atoms with van der Waals surface area (Å²) < 4.78 is 0. The maximum Gasteiger partial charge on any atom is 0.329 e. The molecule has 212 valence electrons. The van der Waals surface area contributed by atoms with Crippen LogP contribution in [0.3, 0.4) is 0 Å². The summed E-state index contributed by atoms with van der Waals surface area (Å²) in [5, 5.41) is 20.8. The molecule has 1 fully saturated rings. The predicted molar refractivity (Wildman–Crippen MR) is 157 cm³/mol. The second-order valence-corrected chi connectivity index (χ2v) is 10.3. The number of nitro groups is 1. The summed E-state index contributed by atoms with van der Waals surface area (Å²) >= 11 is 0. The van der Waals surface area contributed by atoms with E-state index in [9.17, 15) is 14.9 Å². The molecule has 0 aliphatic heterocycles. The van der Waals surface area contributed by atoms with E-state index in [4.69, 9.17) is 11.5 Å². The van der Waals surface area contributed by atoms with E-state index >= 15 is 0 Å². The molecule has 0 spiro atoms. The molecule has 1 saturated carbocycles. The van der Waals surface area contributed by atoms with Gasteiger partial charge in [-0.1, -0.05) is 36.4 Å². The van der Waals surface area contributed by atoms with E-state index in [2.05, 4.69) is 45.0 Å². The van der Waals surface area contributed by atoms with Crippen molar-refractivity contribution >= 4 is 23.4 Å². The summed E-state index contributed by atoms with van der Waals surface area (Å²) in [7, 11) is 0. The average Bonchev–Trinajstić information content (AvgIpc) is 2.98. The van der Waals surface area contributed by atoms with Gasteiger partial charge in [-0.15, -0.1) is 0 Å². The van der Waals surface area contributed by atoms with E-state index in [1.807, 2.05) is 30.3 Å². The van der Waals surface area contributed by atoms with Crippen molar-refractivity contribution in [3.8, 4) is 11.1 Å². The lowest BCUT2D eigenvalue weighted by Gasteiger charge is -2.27. The van der Waals surface area contributed by atoms with Gasteiger partial charge in [0.15, 0.2) is 0 Å². The number of carbonyl (C=O) groups is 1. The number of nitrogens with one attached hydrogen (secondary N) is 3. The van der Waals surface area contributed by atoms with Crippen LogP contribution in [0.25, 0.3) is 11.1 Å². The summed E-state index contributed by atoms with van der Waals surface area (Å²) in [6, 6.07) is 14.1. The Bertz CT molecular complexity index is 1320. The normalized spacial score (nSPS) is 16.8. The minimum atomic E-state index is -0.458. The zero-order valence-electron chi connectivity index (χ0n) is 22.9. The molecule has 0 bridgehead atoms. The Morgan fingerprint density at radius 2 is 1.80 bits per heavy atom. The summed E-state index contributed by atoms with van der Waals surface area (Å²) in [6.07, 6.45) is 5.55. The second kappa shape index (κ2) is 13.8. The van der Waals surface area contributed by atoms with E-state index in [0.29, 0.717) is 37.4 Å². The third-order valence-corrected chi connectivity index (χ3v) is 7.62. The maximum absolute atomic E-state index is 11.6. The van der Waals surface area contributed by atoms with Crippen molar-refractivity contribution in [1.82, 2.24) is 15.3 Å². The average molecular weight is 547 g/mol. The quantitative estimate of drug-likeness (QED) is 0.167. The van der Waals surface area contributed by atoms with Crippen molar-refractivity contribution < 1.29 is 9.72 Å². The molecule has 1 aliphatic rings. The molecule has 0 unspecified atom stereocenters. The predicted octanol–water partition coefficient (Wildman–Crippen LogP) is 3.72. The standard InChI is InChI=1S/C29H38N8O3/c1-19-24(6-3-7-25(19)23-5-2-4-22(12-23)16-32-27(38)14-31)17-34-29-35-18-26(37(39)40)28(36-29)33-15-21-10-8-20(13-30)9-11-21/h2-7,12,18,20-21H,8-11,13-17,30-31H2,1H3,(H,32,38)(H2,33,34,35,36). The Morgan fingerprint density at radius 3 is 2.52 bits per heavy atom. The molecule has 40 heavy (non-hydrogen) atoms. The minimum absolute atomic E-state index is 0.0417. The van der Waals surface area contributed by atoms with Crippen LogP contribution >= 0.6 is 0 Å². The summed E-state index contributed by atoms with van der Waals surface area (Å²) in [5.41, 5.74) is 16.3.